The number of amides is 2. The predicted molar refractivity (Wildman–Crippen MR) is 118 cm³/mol. The topological polar surface area (TPSA) is 55.9 Å². The van der Waals surface area contributed by atoms with E-state index in [9.17, 15) is 9.59 Å². The predicted octanol–water partition coefficient (Wildman–Crippen LogP) is 2.45. The lowest BCUT2D eigenvalue weighted by Gasteiger charge is -2.35. The first kappa shape index (κ1) is 23.4. The molecule has 1 aliphatic heterocycles. The van der Waals surface area contributed by atoms with Gasteiger partial charge in [0, 0.05) is 56.8 Å². The zero-order chi connectivity index (χ0) is 21.4. The van der Waals surface area contributed by atoms with E-state index in [2.05, 4.69) is 29.0 Å². The lowest BCUT2D eigenvalue weighted by atomic mass is 9.95. The summed E-state index contributed by atoms with van der Waals surface area (Å²) in [5.74, 6) is 0.121. The van der Waals surface area contributed by atoms with Crippen LogP contribution in [0.5, 0.6) is 0 Å². The highest BCUT2D eigenvalue weighted by atomic mass is 16.2. The zero-order valence-corrected chi connectivity index (χ0v) is 18.8. The summed E-state index contributed by atoms with van der Waals surface area (Å²) in [5, 5.41) is 2.94. The maximum absolute atomic E-state index is 12.8. The Bertz CT molecular complexity index is 654. The summed E-state index contributed by atoms with van der Waals surface area (Å²) in [6.45, 7) is 18.3. The highest BCUT2D eigenvalue weighted by Crippen LogP contribution is 2.14. The first-order valence-corrected chi connectivity index (χ1v) is 10.9. The summed E-state index contributed by atoms with van der Waals surface area (Å²) in [7, 11) is 0. The molecule has 0 aromatic heterocycles. The molecule has 6 nitrogen and oxygen atoms in total. The zero-order valence-electron chi connectivity index (χ0n) is 18.8. The molecule has 162 valence electrons. The Morgan fingerprint density at radius 1 is 1.00 bits per heavy atom. The number of rotatable bonds is 8. The van der Waals surface area contributed by atoms with Gasteiger partial charge in [0.05, 0.1) is 0 Å². The van der Waals surface area contributed by atoms with Crippen molar-refractivity contribution < 1.29 is 9.59 Å². The van der Waals surface area contributed by atoms with E-state index in [0.717, 1.165) is 57.9 Å². The third-order valence-electron chi connectivity index (χ3n) is 5.62. The van der Waals surface area contributed by atoms with E-state index >= 15 is 0 Å². The number of nitrogens with zero attached hydrogens (tertiary/aromatic N) is 3. The van der Waals surface area contributed by atoms with E-state index < -0.39 is 5.41 Å². The fourth-order valence-electron chi connectivity index (χ4n) is 3.39. The molecule has 1 aromatic carbocycles. The summed E-state index contributed by atoms with van der Waals surface area (Å²) in [6.07, 6.45) is 0. The average molecular weight is 403 g/mol. The van der Waals surface area contributed by atoms with Gasteiger partial charge in [-0.05, 0) is 30.8 Å². The molecule has 0 bridgehead atoms. The Balaban J connectivity index is 1.80. The van der Waals surface area contributed by atoms with E-state index in [1.54, 1.807) is 0 Å². The normalized spacial score (nSPS) is 15.6. The summed E-state index contributed by atoms with van der Waals surface area (Å²) in [6, 6.07) is 7.59. The number of carbonyl (C=O) groups is 2. The van der Waals surface area contributed by atoms with Gasteiger partial charge >= 0.3 is 0 Å². The van der Waals surface area contributed by atoms with E-state index in [-0.39, 0.29) is 11.8 Å². The van der Waals surface area contributed by atoms with E-state index in [1.807, 2.05) is 49.9 Å². The Morgan fingerprint density at radius 2 is 1.59 bits per heavy atom. The fraction of sp³-hybridized carbons (Fsp3) is 0.652. The molecule has 0 aliphatic carbocycles. The molecule has 1 aromatic rings. The molecular formula is C23H38N4O2. The van der Waals surface area contributed by atoms with Crippen LogP contribution in [-0.4, -0.2) is 78.9 Å². The number of nitrogens with one attached hydrogen (secondary N) is 1. The second-order valence-corrected chi connectivity index (χ2v) is 8.79. The van der Waals surface area contributed by atoms with Crippen LogP contribution < -0.4 is 5.32 Å². The number of hydrogen-bond donors (Lipinski definition) is 1. The average Bonchev–Trinajstić information content (AvgIpc) is 2.72. The van der Waals surface area contributed by atoms with Crippen molar-refractivity contribution in [2.75, 3.05) is 52.4 Å². The van der Waals surface area contributed by atoms with Gasteiger partial charge in [0.2, 0.25) is 5.91 Å². The van der Waals surface area contributed by atoms with Crippen LogP contribution in [0.15, 0.2) is 24.3 Å². The molecule has 29 heavy (non-hydrogen) atoms. The lowest BCUT2D eigenvalue weighted by Crippen LogP contribution is -2.50. The van der Waals surface area contributed by atoms with Crippen molar-refractivity contribution in [2.45, 2.75) is 41.2 Å². The van der Waals surface area contributed by atoms with Gasteiger partial charge in [-0.25, -0.2) is 0 Å². The van der Waals surface area contributed by atoms with Crippen LogP contribution in [0.3, 0.4) is 0 Å². The highest BCUT2D eigenvalue weighted by molar-refractivity contribution is 5.94. The van der Waals surface area contributed by atoms with Gasteiger partial charge in [-0.3, -0.25) is 14.5 Å². The number of piperazine rings is 1. The number of benzene rings is 1. The third-order valence-corrected chi connectivity index (χ3v) is 5.62. The van der Waals surface area contributed by atoms with Gasteiger partial charge in [-0.2, -0.15) is 0 Å². The minimum atomic E-state index is -0.399. The first-order valence-electron chi connectivity index (χ1n) is 10.9. The Morgan fingerprint density at radius 3 is 2.10 bits per heavy atom. The van der Waals surface area contributed by atoms with Crippen LogP contribution in [0.1, 0.15) is 50.5 Å². The second-order valence-electron chi connectivity index (χ2n) is 8.79. The molecule has 2 amide bonds. The molecule has 0 spiro atoms. The monoisotopic (exact) mass is 402 g/mol. The summed E-state index contributed by atoms with van der Waals surface area (Å²) < 4.78 is 0. The van der Waals surface area contributed by atoms with Crippen LogP contribution in [0.2, 0.25) is 0 Å². The molecule has 2 rings (SSSR count). The van der Waals surface area contributed by atoms with Crippen LogP contribution in [0.25, 0.3) is 0 Å². The molecule has 1 aliphatic rings. The minimum Gasteiger partial charge on any atom is -0.352 e. The number of carbonyl (C=O) groups excluding carboxylic acids is 2. The summed E-state index contributed by atoms with van der Waals surface area (Å²) in [4.78, 5) is 31.6. The fourth-order valence-corrected chi connectivity index (χ4v) is 3.39. The maximum Gasteiger partial charge on any atom is 0.253 e. The van der Waals surface area contributed by atoms with Crippen molar-refractivity contribution in [1.82, 2.24) is 20.0 Å². The van der Waals surface area contributed by atoms with Gasteiger partial charge in [-0.1, -0.05) is 46.8 Å². The Labute approximate surface area is 176 Å². The standard InChI is InChI=1S/C23H38N4O2/c1-6-25(7-2)12-13-26-14-16-27(17-15-26)21(28)20-10-8-19(9-11-20)18-24-22(29)23(3,4)5/h8-11H,6-7,12-18H2,1-5H3,(H,24,29). The molecule has 1 saturated heterocycles. The first-order chi connectivity index (χ1) is 13.7. The second kappa shape index (κ2) is 10.7. The van der Waals surface area contributed by atoms with Crippen molar-refractivity contribution in [3.05, 3.63) is 35.4 Å². The Kier molecular flexibility index (Phi) is 8.65. The van der Waals surface area contributed by atoms with Crippen molar-refractivity contribution in [2.24, 2.45) is 5.41 Å². The number of likely N-dealkylation sites (N-methyl/N-ethyl adjacent to an activating group) is 1. The van der Waals surface area contributed by atoms with Crippen molar-refractivity contribution >= 4 is 11.8 Å². The Hall–Kier alpha value is -1.92. The largest absolute Gasteiger partial charge is 0.352 e. The molecule has 1 fully saturated rings. The van der Waals surface area contributed by atoms with Gasteiger partial charge in [0.1, 0.15) is 0 Å². The third kappa shape index (κ3) is 7.12. The maximum atomic E-state index is 12.8. The van der Waals surface area contributed by atoms with Crippen LogP contribution in [-0.2, 0) is 11.3 Å². The molecule has 6 heteroatoms. The van der Waals surface area contributed by atoms with Gasteiger partial charge in [0.25, 0.3) is 5.91 Å². The van der Waals surface area contributed by atoms with Crippen LogP contribution in [0, 0.1) is 5.41 Å². The molecule has 0 atom stereocenters. The minimum absolute atomic E-state index is 0.0246. The van der Waals surface area contributed by atoms with Crippen molar-refractivity contribution in [1.29, 1.82) is 0 Å². The molecule has 0 radical (unpaired) electrons. The molecule has 1 N–H and O–H groups in total. The highest BCUT2D eigenvalue weighted by Gasteiger charge is 2.23. The number of hydrogen-bond acceptors (Lipinski definition) is 4. The van der Waals surface area contributed by atoms with Gasteiger partial charge in [0.15, 0.2) is 0 Å². The molecule has 0 saturated carbocycles. The van der Waals surface area contributed by atoms with Crippen molar-refractivity contribution in [3.8, 4) is 0 Å². The SMILES string of the molecule is CCN(CC)CCN1CCN(C(=O)c2ccc(CNC(=O)C(C)(C)C)cc2)CC1. The van der Waals surface area contributed by atoms with Crippen LogP contribution in [0.4, 0.5) is 0 Å². The van der Waals surface area contributed by atoms with E-state index in [0.29, 0.717) is 12.1 Å². The summed E-state index contributed by atoms with van der Waals surface area (Å²) >= 11 is 0. The molecule has 1 heterocycles. The molecule has 0 unspecified atom stereocenters. The van der Waals surface area contributed by atoms with E-state index in [1.165, 1.54) is 0 Å². The quantitative estimate of drug-likeness (QED) is 0.726. The summed E-state index contributed by atoms with van der Waals surface area (Å²) in [5.41, 5.74) is 1.32. The molecular weight excluding hydrogens is 364 g/mol. The van der Waals surface area contributed by atoms with Gasteiger partial charge in [-0.15, -0.1) is 0 Å². The lowest BCUT2D eigenvalue weighted by molar-refractivity contribution is -0.128. The smallest absolute Gasteiger partial charge is 0.253 e. The van der Waals surface area contributed by atoms with Gasteiger partial charge < -0.3 is 15.1 Å². The van der Waals surface area contributed by atoms with E-state index in [4.69, 9.17) is 0 Å². The van der Waals surface area contributed by atoms with Crippen molar-refractivity contribution in [3.63, 3.8) is 0 Å². The van der Waals surface area contributed by atoms with Crippen LogP contribution >= 0.6 is 0 Å².